The Balaban J connectivity index is 1.36. The summed E-state index contributed by atoms with van der Waals surface area (Å²) >= 11 is 0. The summed E-state index contributed by atoms with van der Waals surface area (Å²) in [5, 5.41) is 2.98. The third kappa shape index (κ3) is 6.17. The van der Waals surface area contributed by atoms with Gasteiger partial charge < -0.3 is 15.0 Å². The van der Waals surface area contributed by atoms with E-state index in [0.717, 1.165) is 29.5 Å². The number of hydrogen-bond donors (Lipinski definition) is 1. The van der Waals surface area contributed by atoms with E-state index in [-0.39, 0.29) is 31.0 Å². The van der Waals surface area contributed by atoms with Gasteiger partial charge in [-0.2, -0.15) is 0 Å². The molecule has 0 spiro atoms. The summed E-state index contributed by atoms with van der Waals surface area (Å²) in [7, 11) is 0. The Labute approximate surface area is 217 Å². The van der Waals surface area contributed by atoms with Crippen molar-refractivity contribution in [3.05, 3.63) is 90.5 Å². The van der Waals surface area contributed by atoms with Gasteiger partial charge >= 0.3 is 6.09 Å². The average molecular weight is 498 g/mol. The molecule has 7 heteroatoms. The first-order valence-corrected chi connectivity index (χ1v) is 12.8. The topological polar surface area (TPSA) is 79.0 Å². The number of likely N-dealkylation sites (tertiary alicyclic amines) is 1. The van der Waals surface area contributed by atoms with Gasteiger partial charge in [-0.1, -0.05) is 72.8 Å². The molecule has 37 heavy (non-hydrogen) atoms. The summed E-state index contributed by atoms with van der Waals surface area (Å²) in [4.78, 5) is 42.7. The summed E-state index contributed by atoms with van der Waals surface area (Å²) < 4.78 is 5.53. The molecule has 3 aromatic rings. The molecule has 7 nitrogen and oxygen atoms in total. The lowest BCUT2D eigenvalue weighted by atomic mass is 10.0. The van der Waals surface area contributed by atoms with Crippen LogP contribution in [0.15, 0.2) is 84.9 Å². The van der Waals surface area contributed by atoms with Crippen molar-refractivity contribution in [3.63, 3.8) is 0 Å². The van der Waals surface area contributed by atoms with E-state index in [1.807, 2.05) is 84.9 Å². The Kier molecular flexibility index (Phi) is 7.49. The van der Waals surface area contributed by atoms with Crippen LogP contribution < -0.4 is 10.2 Å². The van der Waals surface area contributed by atoms with Gasteiger partial charge in [0.15, 0.2) is 0 Å². The third-order valence-corrected chi connectivity index (χ3v) is 6.75. The normalized spacial score (nSPS) is 16.8. The molecule has 1 atom stereocenters. The Morgan fingerprint density at radius 3 is 2.30 bits per heavy atom. The number of anilines is 1. The number of amides is 3. The van der Waals surface area contributed by atoms with E-state index in [2.05, 4.69) is 5.32 Å². The minimum Gasteiger partial charge on any atom is -0.445 e. The molecule has 1 saturated carbocycles. The number of nitrogens with one attached hydrogen (secondary N) is 1. The van der Waals surface area contributed by atoms with Crippen LogP contribution in [-0.2, 0) is 20.9 Å². The standard InChI is InChI=1S/C30H31N3O4/c34-28(31-25-16-17-25)20-33(26-14-7-13-24(19-26)23-11-5-2-6-12-23)29(35)27-15-8-18-32(27)30(36)37-21-22-9-3-1-4-10-22/h1-7,9-14,19,25,27H,8,15-18,20-21H2,(H,31,34). The minimum atomic E-state index is -0.683. The lowest BCUT2D eigenvalue weighted by Crippen LogP contribution is -2.51. The van der Waals surface area contributed by atoms with Gasteiger partial charge in [-0.25, -0.2) is 4.79 Å². The summed E-state index contributed by atoms with van der Waals surface area (Å²) in [6.07, 6.45) is 2.64. The van der Waals surface area contributed by atoms with Crippen LogP contribution in [0.25, 0.3) is 11.1 Å². The minimum absolute atomic E-state index is 0.100. The van der Waals surface area contributed by atoms with Gasteiger partial charge in [-0.05, 0) is 54.5 Å². The van der Waals surface area contributed by atoms with Gasteiger partial charge in [0.2, 0.25) is 11.8 Å². The highest BCUT2D eigenvalue weighted by Crippen LogP contribution is 2.28. The second kappa shape index (κ2) is 11.3. The number of rotatable bonds is 8. The van der Waals surface area contributed by atoms with Crippen LogP contribution >= 0.6 is 0 Å². The summed E-state index contributed by atoms with van der Waals surface area (Å²) in [5.74, 6) is -0.470. The van der Waals surface area contributed by atoms with Crippen molar-refractivity contribution < 1.29 is 19.1 Å². The predicted molar refractivity (Wildman–Crippen MR) is 142 cm³/mol. The van der Waals surface area contributed by atoms with E-state index in [9.17, 15) is 14.4 Å². The fourth-order valence-corrected chi connectivity index (χ4v) is 4.65. The first-order chi connectivity index (χ1) is 18.1. The van der Waals surface area contributed by atoms with Crippen LogP contribution in [-0.4, -0.2) is 48.0 Å². The van der Waals surface area contributed by atoms with Crippen molar-refractivity contribution in [2.75, 3.05) is 18.0 Å². The fourth-order valence-electron chi connectivity index (χ4n) is 4.65. The molecule has 1 heterocycles. The zero-order valence-electron chi connectivity index (χ0n) is 20.7. The molecule has 3 amide bonds. The van der Waals surface area contributed by atoms with E-state index >= 15 is 0 Å². The van der Waals surface area contributed by atoms with Gasteiger partial charge in [0.1, 0.15) is 19.2 Å². The summed E-state index contributed by atoms with van der Waals surface area (Å²) in [6, 6.07) is 26.5. The van der Waals surface area contributed by atoms with E-state index < -0.39 is 12.1 Å². The number of nitrogens with zero attached hydrogens (tertiary/aromatic N) is 2. The summed E-state index contributed by atoms with van der Waals surface area (Å²) in [6.45, 7) is 0.483. The molecule has 1 saturated heterocycles. The van der Waals surface area contributed by atoms with Crippen LogP contribution in [0.1, 0.15) is 31.2 Å². The van der Waals surface area contributed by atoms with Gasteiger partial charge in [0.25, 0.3) is 0 Å². The van der Waals surface area contributed by atoms with Gasteiger partial charge in [-0.15, -0.1) is 0 Å². The van der Waals surface area contributed by atoms with Crippen molar-refractivity contribution in [1.29, 1.82) is 0 Å². The average Bonchev–Trinajstić information content (AvgIpc) is 3.61. The number of hydrogen-bond acceptors (Lipinski definition) is 4. The molecular weight excluding hydrogens is 466 g/mol. The molecule has 0 radical (unpaired) electrons. The largest absolute Gasteiger partial charge is 0.445 e. The van der Waals surface area contributed by atoms with Crippen molar-refractivity contribution in [2.24, 2.45) is 0 Å². The second-order valence-electron chi connectivity index (χ2n) is 9.57. The fraction of sp³-hybridized carbons (Fsp3) is 0.300. The summed E-state index contributed by atoms with van der Waals surface area (Å²) in [5.41, 5.74) is 3.48. The van der Waals surface area contributed by atoms with Crippen LogP contribution in [0.2, 0.25) is 0 Å². The first kappa shape index (κ1) is 24.6. The zero-order chi connectivity index (χ0) is 25.6. The lowest BCUT2D eigenvalue weighted by molar-refractivity contribution is -0.126. The molecule has 3 aromatic carbocycles. The maximum absolute atomic E-state index is 13.9. The predicted octanol–water partition coefficient (Wildman–Crippen LogP) is 4.77. The van der Waals surface area contributed by atoms with Crippen molar-refractivity contribution in [2.45, 2.75) is 44.4 Å². The van der Waals surface area contributed by atoms with E-state index in [1.54, 1.807) is 0 Å². The van der Waals surface area contributed by atoms with E-state index in [4.69, 9.17) is 4.74 Å². The number of carbonyl (C=O) groups is 3. The Bertz CT molecular complexity index is 1240. The lowest BCUT2D eigenvalue weighted by Gasteiger charge is -2.30. The zero-order valence-corrected chi connectivity index (χ0v) is 20.7. The van der Waals surface area contributed by atoms with Gasteiger partial charge in [0.05, 0.1) is 0 Å². The van der Waals surface area contributed by atoms with Crippen molar-refractivity contribution in [3.8, 4) is 11.1 Å². The van der Waals surface area contributed by atoms with Gasteiger partial charge in [-0.3, -0.25) is 14.5 Å². The Morgan fingerprint density at radius 1 is 0.865 bits per heavy atom. The van der Waals surface area contributed by atoms with Crippen LogP contribution in [0.3, 0.4) is 0 Å². The number of carbonyl (C=O) groups excluding carboxylic acids is 3. The molecule has 2 aliphatic rings. The molecule has 5 rings (SSSR count). The molecule has 1 aliphatic heterocycles. The van der Waals surface area contributed by atoms with E-state index in [1.165, 1.54) is 9.80 Å². The number of benzene rings is 3. The van der Waals surface area contributed by atoms with Gasteiger partial charge in [0, 0.05) is 18.3 Å². The van der Waals surface area contributed by atoms with Crippen LogP contribution in [0.5, 0.6) is 0 Å². The Morgan fingerprint density at radius 2 is 1.57 bits per heavy atom. The van der Waals surface area contributed by atoms with E-state index in [0.29, 0.717) is 25.1 Å². The smallest absolute Gasteiger partial charge is 0.410 e. The SMILES string of the molecule is O=C(CN(C(=O)C1CCCN1C(=O)OCc1ccccc1)c1cccc(-c2ccccc2)c1)NC1CC1. The Hall–Kier alpha value is -4.13. The van der Waals surface area contributed by atoms with Crippen LogP contribution in [0, 0.1) is 0 Å². The second-order valence-corrected chi connectivity index (χ2v) is 9.57. The first-order valence-electron chi connectivity index (χ1n) is 12.8. The third-order valence-electron chi connectivity index (χ3n) is 6.75. The highest BCUT2D eigenvalue weighted by molar-refractivity contribution is 6.03. The molecule has 2 fully saturated rings. The van der Waals surface area contributed by atoms with Crippen molar-refractivity contribution in [1.82, 2.24) is 10.2 Å². The molecular formula is C30H31N3O4. The molecule has 1 unspecified atom stereocenters. The molecule has 0 aromatic heterocycles. The number of ether oxygens (including phenoxy) is 1. The maximum atomic E-state index is 13.9. The highest BCUT2D eigenvalue weighted by atomic mass is 16.6. The monoisotopic (exact) mass is 497 g/mol. The highest BCUT2D eigenvalue weighted by Gasteiger charge is 2.39. The quantitative estimate of drug-likeness (QED) is 0.486. The molecule has 1 N–H and O–H groups in total. The molecule has 1 aliphatic carbocycles. The maximum Gasteiger partial charge on any atom is 0.410 e. The van der Waals surface area contributed by atoms with Crippen molar-refractivity contribution >= 4 is 23.6 Å². The molecule has 190 valence electrons. The molecule has 0 bridgehead atoms. The van der Waals surface area contributed by atoms with Crippen LogP contribution in [0.4, 0.5) is 10.5 Å².